The summed E-state index contributed by atoms with van der Waals surface area (Å²) in [7, 11) is 0. The molecule has 0 bridgehead atoms. The van der Waals surface area contributed by atoms with Crippen molar-refractivity contribution in [2.75, 3.05) is 31.1 Å². The summed E-state index contributed by atoms with van der Waals surface area (Å²) in [5.41, 5.74) is 1.49. The largest absolute Gasteiger partial charge is 0.371 e. The molecule has 6 heteroatoms. The third-order valence-electron chi connectivity index (χ3n) is 4.69. The van der Waals surface area contributed by atoms with Crippen LogP contribution in [0.5, 0.6) is 0 Å². The van der Waals surface area contributed by atoms with Crippen LogP contribution >= 0.6 is 0 Å². The molecule has 0 radical (unpaired) electrons. The molecule has 3 rings (SSSR count). The number of piperidine rings is 1. The Balaban J connectivity index is 1.62. The van der Waals surface area contributed by atoms with Crippen molar-refractivity contribution in [1.29, 1.82) is 0 Å². The second-order valence-electron chi connectivity index (χ2n) is 6.17. The molecule has 2 fully saturated rings. The van der Waals surface area contributed by atoms with E-state index in [0.29, 0.717) is 30.6 Å². The average molecular weight is 316 g/mol. The molecular formula is C17H24N4O2. The Morgan fingerprint density at radius 1 is 1.35 bits per heavy atom. The molecule has 1 aromatic rings. The number of aromatic nitrogens is 1. The molecule has 0 aliphatic carbocycles. The molecule has 1 N–H and O–H groups in total. The van der Waals surface area contributed by atoms with Gasteiger partial charge in [-0.3, -0.25) is 14.6 Å². The number of nitrogens with zero attached hydrogens (tertiary/aromatic N) is 3. The number of likely N-dealkylation sites (tertiary alicyclic amines) is 1. The van der Waals surface area contributed by atoms with Crippen LogP contribution in [0.2, 0.25) is 0 Å². The van der Waals surface area contributed by atoms with E-state index in [2.05, 4.69) is 20.1 Å². The minimum absolute atomic E-state index is 0.133. The van der Waals surface area contributed by atoms with Gasteiger partial charge in [-0.1, -0.05) is 0 Å². The van der Waals surface area contributed by atoms with E-state index in [-0.39, 0.29) is 5.91 Å². The Labute approximate surface area is 136 Å². The molecule has 0 spiro atoms. The normalized spacial score (nSPS) is 19.3. The molecule has 1 aromatic heterocycles. The molecule has 2 aliphatic rings. The Morgan fingerprint density at radius 2 is 2.13 bits per heavy atom. The van der Waals surface area contributed by atoms with Gasteiger partial charge in [0.05, 0.1) is 0 Å². The third-order valence-corrected chi connectivity index (χ3v) is 4.69. The van der Waals surface area contributed by atoms with Crippen LogP contribution < -0.4 is 10.2 Å². The molecule has 2 aliphatic heterocycles. The SMILES string of the molecule is CCNC(=O)c1cc(N2CCC(N3CCCC3=O)CC2)ccn1. The number of hydrogen-bond acceptors (Lipinski definition) is 4. The van der Waals surface area contributed by atoms with Crippen LogP contribution in [0.4, 0.5) is 5.69 Å². The third kappa shape index (κ3) is 3.46. The number of hydrogen-bond donors (Lipinski definition) is 1. The van der Waals surface area contributed by atoms with E-state index in [0.717, 1.165) is 44.6 Å². The molecule has 2 saturated heterocycles. The van der Waals surface area contributed by atoms with E-state index >= 15 is 0 Å². The number of rotatable bonds is 4. The van der Waals surface area contributed by atoms with E-state index in [1.54, 1.807) is 6.20 Å². The highest BCUT2D eigenvalue weighted by atomic mass is 16.2. The highest BCUT2D eigenvalue weighted by Crippen LogP contribution is 2.25. The Bertz CT molecular complexity index is 582. The van der Waals surface area contributed by atoms with Gasteiger partial charge < -0.3 is 15.1 Å². The summed E-state index contributed by atoms with van der Waals surface area (Å²) < 4.78 is 0. The van der Waals surface area contributed by atoms with Crippen molar-refractivity contribution in [3.05, 3.63) is 24.0 Å². The lowest BCUT2D eigenvalue weighted by Crippen LogP contribution is -2.45. The van der Waals surface area contributed by atoms with Crippen LogP contribution in [-0.2, 0) is 4.79 Å². The molecule has 23 heavy (non-hydrogen) atoms. The summed E-state index contributed by atoms with van der Waals surface area (Å²) >= 11 is 0. The van der Waals surface area contributed by atoms with Crippen LogP contribution in [0.15, 0.2) is 18.3 Å². The van der Waals surface area contributed by atoms with Crippen LogP contribution in [0, 0.1) is 0 Å². The lowest BCUT2D eigenvalue weighted by Gasteiger charge is -2.37. The van der Waals surface area contributed by atoms with Crippen molar-refractivity contribution in [3.8, 4) is 0 Å². The maximum atomic E-state index is 11.9. The second kappa shape index (κ2) is 6.98. The summed E-state index contributed by atoms with van der Waals surface area (Å²) in [5, 5.41) is 2.78. The van der Waals surface area contributed by atoms with E-state index < -0.39 is 0 Å². The van der Waals surface area contributed by atoms with Crippen LogP contribution in [0.3, 0.4) is 0 Å². The first kappa shape index (κ1) is 15.8. The van der Waals surface area contributed by atoms with Crippen molar-refractivity contribution in [3.63, 3.8) is 0 Å². The summed E-state index contributed by atoms with van der Waals surface area (Å²) in [6.45, 7) is 5.23. The standard InChI is InChI=1S/C17H24N4O2/c1-2-18-17(23)15-12-14(5-8-19-15)20-10-6-13(7-11-20)21-9-3-4-16(21)22/h5,8,12-13H,2-4,6-7,9-11H2,1H3,(H,18,23). The topological polar surface area (TPSA) is 65.5 Å². The monoisotopic (exact) mass is 316 g/mol. The predicted molar refractivity (Wildman–Crippen MR) is 88.4 cm³/mol. The molecule has 0 unspecified atom stereocenters. The van der Waals surface area contributed by atoms with Crippen LogP contribution in [-0.4, -0.2) is 53.9 Å². The van der Waals surface area contributed by atoms with Crippen molar-refractivity contribution in [2.45, 2.75) is 38.6 Å². The van der Waals surface area contributed by atoms with Gasteiger partial charge in [0.15, 0.2) is 0 Å². The molecule has 0 saturated carbocycles. The zero-order chi connectivity index (χ0) is 16.2. The molecule has 3 heterocycles. The van der Waals surface area contributed by atoms with Gasteiger partial charge in [0.25, 0.3) is 5.91 Å². The zero-order valence-corrected chi connectivity index (χ0v) is 13.6. The number of pyridine rings is 1. The fourth-order valence-corrected chi connectivity index (χ4v) is 3.48. The molecule has 124 valence electrons. The van der Waals surface area contributed by atoms with Gasteiger partial charge in [-0.2, -0.15) is 0 Å². The maximum absolute atomic E-state index is 11.9. The van der Waals surface area contributed by atoms with Gasteiger partial charge >= 0.3 is 0 Å². The van der Waals surface area contributed by atoms with Gasteiger partial charge in [0, 0.05) is 50.5 Å². The predicted octanol–water partition coefficient (Wildman–Crippen LogP) is 1.42. The number of nitrogens with one attached hydrogen (secondary N) is 1. The maximum Gasteiger partial charge on any atom is 0.269 e. The highest BCUT2D eigenvalue weighted by molar-refractivity contribution is 5.93. The summed E-state index contributed by atoms with van der Waals surface area (Å²) in [6.07, 6.45) is 5.38. The van der Waals surface area contributed by atoms with E-state index in [1.807, 2.05) is 19.1 Å². The Hall–Kier alpha value is -2.11. The number of anilines is 1. The van der Waals surface area contributed by atoms with Crippen LogP contribution in [0.25, 0.3) is 0 Å². The molecular weight excluding hydrogens is 292 g/mol. The van der Waals surface area contributed by atoms with Gasteiger partial charge in [-0.15, -0.1) is 0 Å². The summed E-state index contributed by atoms with van der Waals surface area (Å²) in [4.78, 5) is 32.3. The van der Waals surface area contributed by atoms with Gasteiger partial charge in [0.1, 0.15) is 5.69 Å². The molecule has 0 atom stereocenters. The zero-order valence-electron chi connectivity index (χ0n) is 13.6. The lowest BCUT2D eigenvalue weighted by molar-refractivity contribution is -0.130. The summed E-state index contributed by atoms with van der Waals surface area (Å²) in [5.74, 6) is 0.179. The van der Waals surface area contributed by atoms with Gasteiger partial charge in [0.2, 0.25) is 5.91 Å². The highest BCUT2D eigenvalue weighted by Gasteiger charge is 2.30. The first-order valence-electron chi connectivity index (χ1n) is 8.47. The Morgan fingerprint density at radius 3 is 2.78 bits per heavy atom. The quantitative estimate of drug-likeness (QED) is 0.912. The van der Waals surface area contributed by atoms with Gasteiger partial charge in [-0.25, -0.2) is 0 Å². The van der Waals surface area contributed by atoms with Crippen molar-refractivity contribution >= 4 is 17.5 Å². The molecule has 0 aromatic carbocycles. The fourth-order valence-electron chi connectivity index (χ4n) is 3.48. The number of amides is 2. The van der Waals surface area contributed by atoms with Gasteiger partial charge in [-0.05, 0) is 38.3 Å². The van der Waals surface area contributed by atoms with E-state index in [4.69, 9.17) is 0 Å². The number of carbonyl (C=O) groups is 2. The van der Waals surface area contributed by atoms with E-state index in [1.165, 1.54) is 0 Å². The van der Waals surface area contributed by atoms with Crippen molar-refractivity contribution in [1.82, 2.24) is 15.2 Å². The minimum Gasteiger partial charge on any atom is -0.371 e. The number of carbonyl (C=O) groups excluding carboxylic acids is 2. The lowest BCUT2D eigenvalue weighted by atomic mass is 10.0. The average Bonchev–Trinajstić information content (AvgIpc) is 3.01. The smallest absolute Gasteiger partial charge is 0.269 e. The van der Waals surface area contributed by atoms with Crippen molar-refractivity contribution in [2.24, 2.45) is 0 Å². The second-order valence-corrected chi connectivity index (χ2v) is 6.17. The fraction of sp³-hybridized carbons (Fsp3) is 0.588. The van der Waals surface area contributed by atoms with E-state index in [9.17, 15) is 9.59 Å². The van der Waals surface area contributed by atoms with Crippen molar-refractivity contribution < 1.29 is 9.59 Å². The first-order valence-corrected chi connectivity index (χ1v) is 8.47. The Kier molecular flexibility index (Phi) is 4.79. The summed E-state index contributed by atoms with van der Waals surface area (Å²) in [6, 6.07) is 4.18. The minimum atomic E-state index is -0.133. The van der Waals surface area contributed by atoms with Crippen LogP contribution in [0.1, 0.15) is 43.1 Å². The molecule has 6 nitrogen and oxygen atoms in total. The first-order chi connectivity index (χ1) is 11.2. The molecule has 2 amide bonds.